The van der Waals surface area contributed by atoms with Crippen LogP contribution in [0.4, 0.5) is 0 Å². The van der Waals surface area contributed by atoms with Crippen molar-refractivity contribution in [3.63, 3.8) is 0 Å². The minimum atomic E-state index is -3.88. The van der Waals surface area contributed by atoms with Crippen LogP contribution in [0.3, 0.4) is 0 Å². The van der Waals surface area contributed by atoms with Gasteiger partial charge >= 0.3 is 5.69 Å². The zero-order chi connectivity index (χ0) is 19.7. The zero-order valence-corrected chi connectivity index (χ0v) is 17.3. The molecule has 1 fully saturated rings. The van der Waals surface area contributed by atoms with Crippen LogP contribution in [-0.2, 0) is 21.8 Å². The predicted octanol–water partition coefficient (Wildman–Crippen LogP) is -0.662. The summed E-state index contributed by atoms with van der Waals surface area (Å²) in [6, 6.07) is 1.23. The maximum absolute atomic E-state index is 12.7. The topological polar surface area (TPSA) is 135 Å². The van der Waals surface area contributed by atoms with Gasteiger partial charge in [-0.25, -0.2) is 22.9 Å². The second-order valence-electron chi connectivity index (χ2n) is 6.87. The Labute approximate surface area is 168 Å². The molecule has 3 N–H and O–H groups in total. The van der Waals surface area contributed by atoms with Crippen LogP contribution < -0.4 is 21.3 Å². The Morgan fingerprint density at radius 2 is 2.00 bits per heavy atom. The highest BCUT2D eigenvalue weighted by Gasteiger charge is 2.33. The number of aromatic nitrogens is 3. The molecule has 1 aliphatic heterocycles. The van der Waals surface area contributed by atoms with Gasteiger partial charge in [-0.1, -0.05) is 0 Å². The third-order valence-corrected chi connectivity index (χ3v) is 6.36. The molecule has 156 valence electrons. The first-order valence-electron chi connectivity index (χ1n) is 8.56. The van der Waals surface area contributed by atoms with Gasteiger partial charge in [-0.2, -0.15) is 0 Å². The van der Waals surface area contributed by atoms with Crippen LogP contribution in [0.2, 0.25) is 0 Å². The number of pyridine rings is 1. The molecule has 12 heteroatoms. The van der Waals surface area contributed by atoms with Crippen molar-refractivity contribution in [1.29, 1.82) is 0 Å². The molecule has 0 unspecified atom stereocenters. The predicted molar refractivity (Wildman–Crippen MR) is 106 cm³/mol. The van der Waals surface area contributed by atoms with Crippen LogP contribution >= 0.6 is 12.4 Å². The smallest absolute Gasteiger partial charge is 0.329 e. The summed E-state index contributed by atoms with van der Waals surface area (Å²) in [4.78, 5) is 29.7. The van der Waals surface area contributed by atoms with Gasteiger partial charge in [0.25, 0.3) is 5.56 Å². The first kappa shape index (κ1) is 22.5. The molecule has 3 rings (SSSR count). The fraction of sp³-hybridized carbons (Fsp3) is 0.562. The fourth-order valence-corrected chi connectivity index (χ4v) is 4.46. The molecule has 1 aliphatic rings. The van der Waals surface area contributed by atoms with Crippen molar-refractivity contribution in [3.05, 3.63) is 33.1 Å². The number of piperidine rings is 1. The molecule has 0 aliphatic carbocycles. The summed E-state index contributed by atoms with van der Waals surface area (Å²) in [5, 5.41) is 3.29. The van der Waals surface area contributed by atoms with Crippen molar-refractivity contribution in [2.75, 3.05) is 33.4 Å². The lowest BCUT2D eigenvalue weighted by atomic mass is 9.80. The molecule has 1 saturated heterocycles. The number of hydrogen-bond donors (Lipinski definition) is 3. The molecule has 0 bridgehead atoms. The summed E-state index contributed by atoms with van der Waals surface area (Å²) in [7, 11) is -0.827. The first-order valence-corrected chi connectivity index (χ1v) is 10.0. The third kappa shape index (κ3) is 4.44. The molecule has 0 spiro atoms. The SMILES string of the molecule is COCC1(CNS(=O)(=O)c2cnc3c(c2)c(=O)[nH]c(=O)n3C)CCNCC1.Cl. The van der Waals surface area contributed by atoms with Gasteiger partial charge in [0, 0.05) is 32.3 Å². The van der Waals surface area contributed by atoms with E-state index in [9.17, 15) is 18.0 Å². The van der Waals surface area contributed by atoms with E-state index >= 15 is 0 Å². The van der Waals surface area contributed by atoms with E-state index in [4.69, 9.17) is 4.74 Å². The number of aromatic amines is 1. The molecular weight excluding hydrogens is 410 g/mol. The highest BCUT2D eigenvalue weighted by atomic mass is 35.5. The Morgan fingerprint density at radius 1 is 1.32 bits per heavy atom. The van der Waals surface area contributed by atoms with Crippen LogP contribution in [0.5, 0.6) is 0 Å². The Bertz CT molecular complexity index is 1050. The van der Waals surface area contributed by atoms with E-state index < -0.39 is 21.3 Å². The maximum Gasteiger partial charge on any atom is 0.329 e. The normalized spacial score (nSPS) is 16.6. The van der Waals surface area contributed by atoms with Gasteiger partial charge in [0.05, 0.1) is 12.0 Å². The van der Waals surface area contributed by atoms with Gasteiger partial charge in [-0.3, -0.25) is 14.3 Å². The molecule has 10 nitrogen and oxygen atoms in total. The third-order valence-electron chi connectivity index (χ3n) is 4.99. The molecule has 2 aromatic rings. The van der Waals surface area contributed by atoms with E-state index in [0.29, 0.717) is 6.61 Å². The minimum Gasteiger partial charge on any atom is -0.384 e. The fourth-order valence-electron chi connectivity index (χ4n) is 3.33. The summed E-state index contributed by atoms with van der Waals surface area (Å²) in [6.45, 7) is 2.28. The largest absolute Gasteiger partial charge is 0.384 e. The Balaban J connectivity index is 0.00000280. The van der Waals surface area contributed by atoms with E-state index in [-0.39, 0.29) is 40.3 Å². The van der Waals surface area contributed by atoms with Crippen LogP contribution in [-0.4, -0.2) is 56.3 Å². The number of methoxy groups -OCH3 is 1. The number of nitrogens with one attached hydrogen (secondary N) is 3. The van der Waals surface area contributed by atoms with Gasteiger partial charge < -0.3 is 10.1 Å². The average Bonchev–Trinajstić information content (AvgIpc) is 2.65. The number of halogens is 1. The van der Waals surface area contributed by atoms with Crippen LogP contribution in [0.1, 0.15) is 12.8 Å². The zero-order valence-electron chi connectivity index (χ0n) is 15.6. The molecule has 0 atom stereocenters. The summed E-state index contributed by atoms with van der Waals surface area (Å²) in [5.74, 6) is 0. The number of sulfonamides is 1. The highest BCUT2D eigenvalue weighted by Crippen LogP contribution is 2.29. The molecule has 3 heterocycles. The van der Waals surface area contributed by atoms with Crippen molar-refractivity contribution >= 4 is 33.5 Å². The summed E-state index contributed by atoms with van der Waals surface area (Å²) in [6.07, 6.45) is 2.73. The number of ether oxygens (including phenoxy) is 1. The lowest BCUT2D eigenvalue weighted by molar-refractivity contribution is 0.0577. The lowest BCUT2D eigenvalue weighted by Gasteiger charge is -2.37. The number of hydrogen-bond acceptors (Lipinski definition) is 7. The number of fused-ring (bicyclic) bond motifs is 1. The summed E-state index contributed by atoms with van der Waals surface area (Å²) < 4.78 is 34.6. The average molecular weight is 434 g/mol. The summed E-state index contributed by atoms with van der Waals surface area (Å²) in [5.41, 5.74) is -1.44. The van der Waals surface area contributed by atoms with Gasteiger partial charge in [0.15, 0.2) is 0 Å². The summed E-state index contributed by atoms with van der Waals surface area (Å²) >= 11 is 0. The molecule has 0 saturated carbocycles. The van der Waals surface area contributed by atoms with Crippen molar-refractivity contribution in [2.24, 2.45) is 12.5 Å². The molecule has 0 aromatic carbocycles. The van der Waals surface area contributed by atoms with E-state index in [1.54, 1.807) is 7.11 Å². The number of aryl methyl sites for hydroxylation is 1. The van der Waals surface area contributed by atoms with Gasteiger partial charge in [-0.05, 0) is 32.0 Å². The van der Waals surface area contributed by atoms with E-state index in [1.165, 1.54) is 13.1 Å². The molecular formula is C16H24ClN5O5S. The van der Waals surface area contributed by atoms with E-state index in [1.807, 2.05) is 0 Å². The van der Waals surface area contributed by atoms with Crippen molar-refractivity contribution in [1.82, 2.24) is 24.6 Å². The number of H-pyrrole nitrogens is 1. The van der Waals surface area contributed by atoms with Gasteiger partial charge in [0.2, 0.25) is 10.0 Å². The first-order chi connectivity index (χ1) is 12.8. The van der Waals surface area contributed by atoms with Crippen molar-refractivity contribution in [2.45, 2.75) is 17.7 Å². The van der Waals surface area contributed by atoms with E-state index in [0.717, 1.165) is 36.7 Å². The number of rotatable bonds is 6. The Kier molecular flexibility index (Phi) is 6.99. The second kappa shape index (κ2) is 8.70. The number of nitrogens with zero attached hydrogens (tertiary/aromatic N) is 2. The highest BCUT2D eigenvalue weighted by molar-refractivity contribution is 7.89. The van der Waals surface area contributed by atoms with Gasteiger partial charge in [0.1, 0.15) is 10.5 Å². The molecule has 28 heavy (non-hydrogen) atoms. The monoisotopic (exact) mass is 433 g/mol. The second-order valence-corrected chi connectivity index (χ2v) is 8.63. The van der Waals surface area contributed by atoms with Gasteiger partial charge in [-0.15, -0.1) is 12.4 Å². The van der Waals surface area contributed by atoms with Crippen LogP contribution in [0.15, 0.2) is 26.7 Å². The quantitative estimate of drug-likeness (QED) is 0.550. The van der Waals surface area contributed by atoms with Crippen molar-refractivity contribution in [3.8, 4) is 0 Å². The van der Waals surface area contributed by atoms with Crippen LogP contribution in [0, 0.1) is 5.41 Å². The Hall–Kier alpha value is -1.79. The minimum absolute atomic E-state index is 0. The van der Waals surface area contributed by atoms with Crippen LogP contribution in [0.25, 0.3) is 11.0 Å². The molecule has 0 amide bonds. The Morgan fingerprint density at radius 3 is 2.64 bits per heavy atom. The molecule has 2 aromatic heterocycles. The van der Waals surface area contributed by atoms with E-state index in [2.05, 4.69) is 20.0 Å². The lowest BCUT2D eigenvalue weighted by Crippen LogP contribution is -2.47. The van der Waals surface area contributed by atoms with Crippen molar-refractivity contribution < 1.29 is 13.2 Å². The standard InChI is InChI=1S/C16H23N5O5S.ClH/c1-21-13-12(14(22)20-15(21)23)7-11(8-18-13)27(24,25)19-9-16(10-26-2)3-5-17-6-4-16;/h7-8,17,19H,3-6,9-10H2,1-2H3,(H,20,22,23);1H. The molecule has 0 radical (unpaired) electrons. The maximum atomic E-state index is 12.7.